The summed E-state index contributed by atoms with van der Waals surface area (Å²) < 4.78 is 6.88. The smallest absolute Gasteiger partial charge is 0.145 e. The molecular weight excluding hydrogens is 170 g/mol. The second kappa shape index (κ2) is 4.84. The molecule has 1 rings (SSSR count). The molecule has 0 radical (unpaired) electrons. The van der Waals surface area contributed by atoms with E-state index in [0.717, 1.165) is 5.69 Å². The number of hydrogen-bond acceptors (Lipinski definition) is 4. The highest BCUT2D eigenvalue weighted by Crippen LogP contribution is 2.03. The van der Waals surface area contributed by atoms with E-state index in [1.807, 2.05) is 13.0 Å². The van der Waals surface area contributed by atoms with Crippen LogP contribution in [-0.2, 0) is 11.3 Å². The van der Waals surface area contributed by atoms with E-state index < -0.39 is 0 Å². The first-order chi connectivity index (χ1) is 6.24. The largest absolute Gasteiger partial charge is 0.394 e. The highest BCUT2D eigenvalue weighted by Gasteiger charge is 1.99. The molecule has 0 saturated heterocycles. The first-order valence-electron chi connectivity index (χ1n) is 4.22. The predicted octanol–water partition coefficient (Wildman–Crippen LogP) is -0.217. The third kappa shape index (κ3) is 3.04. The van der Waals surface area contributed by atoms with Gasteiger partial charge < -0.3 is 15.6 Å². The van der Waals surface area contributed by atoms with Gasteiger partial charge in [0.25, 0.3) is 0 Å². The van der Waals surface area contributed by atoms with Crippen LogP contribution in [0.2, 0.25) is 0 Å². The number of hydrogen-bond donors (Lipinski definition) is 2. The molecule has 0 aliphatic heterocycles. The highest BCUT2D eigenvalue weighted by atomic mass is 16.5. The van der Waals surface area contributed by atoms with E-state index in [0.29, 0.717) is 25.6 Å². The summed E-state index contributed by atoms with van der Waals surface area (Å²) in [4.78, 5) is 0. The molecule has 0 saturated carbocycles. The molecule has 1 heterocycles. The molecule has 0 aromatic carbocycles. The fraction of sp³-hybridized carbons (Fsp3) is 0.625. The fourth-order valence-electron chi connectivity index (χ4n) is 1.08. The Bertz CT molecular complexity index is 260. The number of aryl methyl sites for hydroxylation is 1. The molecule has 0 aliphatic carbocycles. The van der Waals surface area contributed by atoms with E-state index in [1.54, 1.807) is 4.68 Å². The monoisotopic (exact) mass is 185 g/mol. The lowest BCUT2D eigenvalue weighted by Crippen LogP contribution is -2.10. The van der Waals surface area contributed by atoms with Crippen LogP contribution in [-0.4, -0.2) is 34.7 Å². The number of aliphatic hydroxyl groups is 1. The fourth-order valence-corrected chi connectivity index (χ4v) is 1.08. The van der Waals surface area contributed by atoms with E-state index in [9.17, 15) is 0 Å². The summed E-state index contributed by atoms with van der Waals surface area (Å²) in [5.74, 6) is 0.527. The molecule has 0 atom stereocenters. The van der Waals surface area contributed by atoms with Gasteiger partial charge in [-0.25, -0.2) is 0 Å². The normalized spacial score (nSPS) is 10.6. The average molecular weight is 185 g/mol. The molecule has 0 aliphatic rings. The number of anilines is 1. The molecule has 0 spiro atoms. The number of rotatable bonds is 5. The lowest BCUT2D eigenvalue weighted by atomic mass is 10.4. The molecule has 5 nitrogen and oxygen atoms in total. The first-order valence-corrected chi connectivity index (χ1v) is 4.22. The summed E-state index contributed by atoms with van der Waals surface area (Å²) in [5.41, 5.74) is 6.52. The summed E-state index contributed by atoms with van der Waals surface area (Å²) in [7, 11) is 0. The van der Waals surface area contributed by atoms with Crippen molar-refractivity contribution in [2.45, 2.75) is 13.5 Å². The zero-order valence-electron chi connectivity index (χ0n) is 7.73. The second-order valence-corrected chi connectivity index (χ2v) is 2.77. The Labute approximate surface area is 77.1 Å². The minimum atomic E-state index is 0.0558. The lowest BCUT2D eigenvalue weighted by molar-refractivity contribution is 0.0851. The SMILES string of the molecule is Cc1cc(N)nn1CCOCCO. The van der Waals surface area contributed by atoms with Crippen molar-refractivity contribution in [3.63, 3.8) is 0 Å². The molecule has 3 N–H and O–H groups in total. The van der Waals surface area contributed by atoms with Gasteiger partial charge in [-0.2, -0.15) is 5.10 Å². The maximum Gasteiger partial charge on any atom is 0.145 e. The molecule has 1 aromatic heterocycles. The van der Waals surface area contributed by atoms with E-state index in [2.05, 4.69) is 5.10 Å². The summed E-state index contributed by atoms with van der Waals surface area (Å²) >= 11 is 0. The van der Waals surface area contributed by atoms with Crippen LogP contribution in [0.1, 0.15) is 5.69 Å². The summed E-state index contributed by atoms with van der Waals surface area (Å²) in [6.45, 7) is 3.58. The van der Waals surface area contributed by atoms with Crippen molar-refractivity contribution >= 4 is 5.82 Å². The number of aromatic nitrogens is 2. The number of aliphatic hydroxyl groups excluding tert-OH is 1. The van der Waals surface area contributed by atoms with E-state index in [-0.39, 0.29) is 6.61 Å². The summed E-state index contributed by atoms with van der Waals surface area (Å²) in [6.07, 6.45) is 0. The van der Waals surface area contributed by atoms with E-state index in [1.165, 1.54) is 0 Å². The van der Waals surface area contributed by atoms with Crippen LogP contribution in [0.3, 0.4) is 0 Å². The third-order valence-electron chi connectivity index (χ3n) is 1.68. The van der Waals surface area contributed by atoms with Crippen molar-refractivity contribution in [2.75, 3.05) is 25.6 Å². The molecule has 0 unspecified atom stereocenters. The molecule has 0 fully saturated rings. The Kier molecular flexibility index (Phi) is 3.72. The van der Waals surface area contributed by atoms with Crippen molar-refractivity contribution in [2.24, 2.45) is 0 Å². The molecule has 0 bridgehead atoms. The summed E-state index contributed by atoms with van der Waals surface area (Å²) in [6, 6.07) is 1.81. The topological polar surface area (TPSA) is 73.3 Å². The Morgan fingerprint density at radius 2 is 2.38 bits per heavy atom. The number of nitrogen functional groups attached to an aromatic ring is 1. The molecule has 5 heteroatoms. The Hall–Kier alpha value is -1.07. The maximum absolute atomic E-state index is 8.45. The van der Waals surface area contributed by atoms with Gasteiger partial charge in [0.05, 0.1) is 26.4 Å². The van der Waals surface area contributed by atoms with Gasteiger partial charge >= 0.3 is 0 Å². The van der Waals surface area contributed by atoms with Crippen LogP contribution in [0.5, 0.6) is 0 Å². The third-order valence-corrected chi connectivity index (χ3v) is 1.68. The minimum Gasteiger partial charge on any atom is -0.394 e. The average Bonchev–Trinajstić information content (AvgIpc) is 2.39. The van der Waals surface area contributed by atoms with Crippen molar-refractivity contribution in [3.8, 4) is 0 Å². The highest BCUT2D eigenvalue weighted by molar-refractivity contribution is 5.28. The van der Waals surface area contributed by atoms with Crippen LogP contribution >= 0.6 is 0 Å². The number of ether oxygens (including phenoxy) is 1. The quantitative estimate of drug-likeness (QED) is 0.622. The van der Waals surface area contributed by atoms with Gasteiger partial charge in [-0.15, -0.1) is 0 Å². The van der Waals surface area contributed by atoms with Crippen LogP contribution in [0, 0.1) is 6.92 Å². The Morgan fingerprint density at radius 1 is 1.62 bits per heavy atom. The van der Waals surface area contributed by atoms with Gasteiger partial charge in [0.2, 0.25) is 0 Å². The zero-order valence-corrected chi connectivity index (χ0v) is 7.73. The van der Waals surface area contributed by atoms with E-state index in [4.69, 9.17) is 15.6 Å². The standard InChI is InChI=1S/C8H15N3O2/c1-7-6-8(9)10-11(7)2-4-13-5-3-12/h6,12H,2-5H2,1H3,(H2,9,10). The van der Waals surface area contributed by atoms with Crippen molar-refractivity contribution < 1.29 is 9.84 Å². The number of nitrogens with two attached hydrogens (primary N) is 1. The van der Waals surface area contributed by atoms with Gasteiger partial charge in [0.1, 0.15) is 5.82 Å². The maximum atomic E-state index is 8.45. The zero-order chi connectivity index (χ0) is 9.68. The van der Waals surface area contributed by atoms with Gasteiger partial charge in [0.15, 0.2) is 0 Å². The van der Waals surface area contributed by atoms with Gasteiger partial charge in [-0.3, -0.25) is 4.68 Å². The predicted molar refractivity (Wildman–Crippen MR) is 49.3 cm³/mol. The van der Waals surface area contributed by atoms with Crippen molar-refractivity contribution in [1.29, 1.82) is 0 Å². The van der Waals surface area contributed by atoms with E-state index >= 15 is 0 Å². The number of nitrogens with zero attached hydrogens (tertiary/aromatic N) is 2. The van der Waals surface area contributed by atoms with Crippen LogP contribution < -0.4 is 5.73 Å². The van der Waals surface area contributed by atoms with Crippen LogP contribution in [0.25, 0.3) is 0 Å². The molecule has 13 heavy (non-hydrogen) atoms. The van der Waals surface area contributed by atoms with Gasteiger partial charge in [-0.05, 0) is 6.92 Å². The second-order valence-electron chi connectivity index (χ2n) is 2.77. The first kappa shape index (κ1) is 10.0. The van der Waals surface area contributed by atoms with Gasteiger partial charge in [0, 0.05) is 11.8 Å². The molecule has 74 valence electrons. The molecular formula is C8H15N3O2. The van der Waals surface area contributed by atoms with Gasteiger partial charge in [-0.1, -0.05) is 0 Å². The molecule has 1 aromatic rings. The summed E-state index contributed by atoms with van der Waals surface area (Å²) in [5, 5.41) is 12.5. The van der Waals surface area contributed by atoms with Crippen LogP contribution in [0.15, 0.2) is 6.07 Å². The Balaban J connectivity index is 2.32. The minimum absolute atomic E-state index is 0.0558. The Morgan fingerprint density at radius 3 is 2.92 bits per heavy atom. The lowest BCUT2D eigenvalue weighted by Gasteiger charge is -2.04. The van der Waals surface area contributed by atoms with Crippen LogP contribution in [0.4, 0.5) is 5.82 Å². The van der Waals surface area contributed by atoms with Crippen molar-refractivity contribution in [1.82, 2.24) is 9.78 Å². The van der Waals surface area contributed by atoms with Crippen molar-refractivity contribution in [3.05, 3.63) is 11.8 Å². The molecule has 0 amide bonds.